The van der Waals surface area contributed by atoms with E-state index in [4.69, 9.17) is 23.2 Å². The van der Waals surface area contributed by atoms with Gasteiger partial charge in [0.05, 0.1) is 16.4 Å². The SMILES string of the molecule is O=C(CN1C(=O)S/C(=C\c2c(Cl)cccc2Cl)C1=O)c1ccc([N+](=O)[O-])cc1. The van der Waals surface area contributed by atoms with Gasteiger partial charge in [0.25, 0.3) is 16.8 Å². The van der Waals surface area contributed by atoms with Gasteiger partial charge in [-0.15, -0.1) is 0 Å². The van der Waals surface area contributed by atoms with Gasteiger partial charge in [-0.2, -0.15) is 0 Å². The Hall–Kier alpha value is -2.68. The smallest absolute Gasteiger partial charge is 0.292 e. The van der Waals surface area contributed by atoms with Crippen LogP contribution in [0.2, 0.25) is 10.0 Å². The second-order valence-electron chi connectivity index (χ2n) is 5.63. The van der Waals surface area contributed by atoms with Crippen LogP contribution in [0, 0.1) is 10.1 Å². The molecule has 1 heterocycles. The summed E-state index contributed by atoms with van der Waals surface area (Å²) in [5.41, 5.74) is 0.392. The highest BCUT2D eigenvalue weighted by Crippen LogP contribution is 2.35. The summed E-state index contributed by atoms with van der Waals surface area (Å²) >= 11 is 12.8. The molecule has 0 unspecified atom stereocenters. The second-order valence-corrected chi connectivity index (χ2v) is 7.44. The maximum atomic E-state index is 12.5. The summed E-state index contributed by atoms with van der Waals surface area (Å²) < 4.78 is 0. The number of amides is 2. The quantitative estimate of drug-likeness (QED) is 0.288. The van der Waals surface area contributed by atoms with Crippen molar-refractivity contribution >= 4 is 63.7 Å². The summed E-state index contributed by atoms with van der Waals surface area (Å²) in [5.74, 6) is -1.16. The first kappa shape index (κ1) is 20.1. The number of carbonyl (C=O) groups excluding carboxylic acids is 3. The number of Topliss-reactive ketones (excluding diaryl/α,β-unsaturated/α-hetero) is 1. The van der Waals surface area contributed by atoms with Gasteiger partial charge in [0.1, 0.15) is 0 Å². The monoisotopic (exact) mass is 436 g/mol. The summed E-state index contributed by atoms with van der Waals surface area (Å²) in [6.45, 7) is -0.476. The molecule has 1 aliphatic rings. The number of nitro groups is 1. The van der Waals surface area contributed by atoms with E-state index in [0.29, 0.717) is 27.4 Å². The summed E-state index contributed by atoms with van der Waals surface area (Å²) in [5, 5.41) is 10.7. The molecule has 142 valence electrons. The Bertz CT molecular complexity index is 1020. The number of imide groups is 1. The predicted molar refractivity (Wildman–Crippen MR) is 107 cm³/mol. The zero-order chi connectivity index (χ0) is 20.4. The van der Waals surface area contributed by atoms with Crippen molar-refractivity contribution in [3.63, 3.8) is 0 Å². The van der Waals surface area contributed by atoms with Crippen LogP contribution in [0.15, 0.2) is 47.4 Å². The molecule has 1 fully saturated rings. The van der Waals surface area contributed by atoms with Gasteiger partial charge in [0.15, 0.2) is 5.78 Å². The molecule has 1 saturated heterocycles. The molecule has 0 aliphatic carbocycles. The number of rotatable bonds is 5. The summed E-state index contributed by atoms with van der Waals surface area (Å²) in [7, 11) is 0. The third kappa shape index (κ3) is 4.09. The number of halogens is 2. The van der Waals surface area contributed by atoms with Crippen molar-refractivity contribution < 1.29 is 19.3 Å². The number of nitrogens with zero attached hydrogens (tertiary/aromatic N) is 2. The van der Waals surface area contributed by atoms with Crippen LogP contribution in [-0.2, 0) is 4.79 Å². The van der Waals surface area contributed by atoms with Crippen LogP contribution < -0.4 is 0 Å². The third-order valence-corrected chi connectivity index (χ3v) is 5.42. The van der Waals surface area contributed by atoms with Crippen molar-refractivity contribution in [2.24, 2.45) is 0 Å². The third-order valence-electron chi connectivity index (χ3n) is 3.85. The van der Waals surface area contributed by atoms with Gasteiger partial charge in [0.2, 0.25) is 0 Å². The highest BCUT2D eigenvalue weighted by Gasteiger charge is 2.36. The second kappa shape index (κ2) is 8.14. The first-order chi connectivity index (χ1) is 13.3. The van der Waals surface area contributed by atoms with Crippen molar-refractivity contribution in [2.45, 2.75) is 0 Å². The van der Waals surface area contributed by atoms with Crippen LogP contribution in [-0.4, -0.2) is 33.3 Å². The van der Waals surface area contributed by atoms with Gasteiger partial charge < -0.3 is 0 Å². The maximum absolute atomic E-state index is 12.5. The molecule has 1 aliphatic heterocycles. The van der Waals surface area contributed by atoms with Gasteiger partial charge in [0, 0.05) is 33.3 Å². The molecule has 0 radical (unpaired) electrons. The summed E-state index contributed by atoms with van der Waals surface area (Å²) in [4.78, 5) is 48.1. The number of thioether (sulfide) groups is 1. The Labute approximate surface area is 173 Å². The highest BCUT2D eigenvalue weighted by atomic mass is 35.5. The van der Waals surface area contributed by atoms with Crippen LogP contribution in [0.1, 0.15) is 15.9 Å². The van der Waals surface area contributed by atoms with Crippen LogP contribution >= 0.6 is 35.0 Å². The van der Waals surface area contributed by atoms with Crippen molar-refractivity contribution in [1.29, 1.82) is 0 Å². The van der Waals surface area contributed by atoms with Crippen LogP contribution in [0.25, 0.3) is 6.08 Å². The standard InChI is InChI=1S/C18H10Cl2N2O5S/c19-13-2-1-3-14(20)12(13)8-16-17(24)21(18(25)28-16)9-15(23)10-4-6-11(7-5-10)22(26)27/h1-8H,9H2/b16-8-. The topological polar surface area (TPSA) is 97.6 Å². The van der Waals surface area contributed by atoms with Gasteiger partial charge >= 0.3 is 0 Å². The Kier molecular flexibility index (Phi) is 5.83. The van der Waals surface area contributed by atoms with Crippen molar-refractivity contribution in [2.75, 3.05) is 6.54 Å². The average molecular weight is 437 g/mol. The number of non-ortho nitro benzene ring substituents is 1. The fourth-order valence-electron chi connectivity index (χ4n) is 2.42. The Morgan fingerprint density at radius 2 is 1.71 bits per heavy atom. The summed E-state index contributed by atoms with van der Waals surface area (Å²) in [6, 6.07) is 9.76. The lowest BCUT2D eigenvalue weighted by Gasteiger charge is -2.11. The molecule has 2 aromatic rings. The molecule has 7 nitrogen and oxygen atoms in total. The molecule has 3 rings (SSSR count). The molecular formula is C18H10Cl2N2O5S. The number of carbonyl (C=O) groups is 3. The lowest BCUT2D eigenvalue weighted by atomic mass is 10.1. The van der Waals surface area contributed by atoms with Crippen LogP contribution in [0.4, 0.5) is 10.5 Å². The molecule has 10 heteroatoms. The lowest BCUT2D eigenvalue weighted by Crippen LogP contribution is -2.33. The molecular weight excluding hydrogens is 427 g/mol. The molecule has 2 amide bonds. The van der Waals surface area contributed by atoms with Gasteiger partial charge in [-0.25, -0.2) is 0 Å². The minimum atomic E-state index is -0.638. The lowest BCUT2D eigenvalue weighted by molar-refractivity contribution is -0.384. The van der Waals surface area contributed by atoms with E-state index in [1.807, 2.05) is 0 Å². The summed E-state index contributed by atoms with van der Waals surface area (Å²) in [6.07, 6.45) is 1.41. The molecule has 0 saturated carbocycles. The van der Waals surface area contributed by atoms with E-state index in [9.17, 15) is 24.5 Å². The highest BCUT2D eigenvalue weighted by molar-refractivity contribution is 8.18. The van der Waals surface area contributed by atoms with E-state index in [0.717, 1.165) is 4.90 Å². The van der Waals surface area contributed by atoms with E-state index in [1.54, 1.807) is 18.2 Å². The Morgan fingerprint density at radius 1 is 1.11 bits per heavy atom. The Balaban J connectivity index is 1.79. The fraction of sp³-hybridized carbons (Fsp3) is 0.0556. The number of hydrogen-bond donors (Lipinski definition) is 0. The number of nitro benzene ring substituents is 1. The minimum absolute atomic E-state index is 0.0940. The molecule has 0 aromatic heterocycles. The molecule has 0 bridgehead atoms. The number of ketones is 1. The molecule has 0 N–H and O–H groups in total. The van der Waals surface area contributed by atoms with Gasteiger partial charge in [-0.1, -0.05) is 29.3 Å². The fourth-order valence-corrected chi connectivity index (χ4v) is 3.75. The minimum Gasteiger partial charge on any atom is -0.292 e. The van der Waals surface area contributed by atoms with E-state index >= 15 is 0 Å². The number of benzene rings is 2. The van der Waals surface area contributed by atoms with Crippen molar-refractivity contribution in [3.8, 4) is 0 Å². The van der Waals surface area contributed by atoms with Gasteiger partial charge in [-0.05, 0) is 42.1 Å². The molecule has 2 aromatic carbocycles. The van der Waals surface area contributed by atoms with Crippen LogP contribution in [0.3, 0.4) is 0 Å². The van der Waals surface area contributed by atoms with E-state index in [-0.39, 0.29) is 16.2 Å². The Morgan fingerprint density at radius 3 is 2.29 bits per heavy atom. The zero-order valence-electron chi connectivity index (χ0n) is 13.9. The van der Waals surface area contributed by atoms with Gasteiger partial charge in [-0.3, -0.25) is 29.4 Å². The van der Waals surface area contributed by atoms with E-state index in [2.05, 4.69) is 0 Å². The maximum Gasteiger partial charge on any atom is 0.293 e. The van der Waals surface area contributed by atoms with Crippen molar-refractivity contribution in [3.05, 3.63) is 78.7 Å². The molecule has 0 atom stereocenters. The van der Waals surface area contributed by atoms with Crippen LogP contribution in [0.5, 0.6) is 0 Å². The number of hydrogen-bond acceptors (Lipinski definition) is 6. The largest absolute Gasteiger partial charge is 0.293 e. The average Bonchev–Trinajstić information content (AvgIpc) is 2.92. The van der Waals surface area contributed by atoms with Crippen molar-refractivity contribution in [1.82, 2.24) is 4.90 Å². The van der Waals surface area contributed by atoms with E-state index < -0.39 is 28.4 Å². The molecule has 0 spiro atoms. The first-order valence-corrected chi connectivity index (χ1v) is 9.32. The zero-order valence-corrected chi connectivity index (χ0v) is 16.3. The normalized spacial score (nSPS) is 15.4. The predicted octanol–water partition coefficient (Wildman–Crippen LogP) is 4.82. The van der Waals surface area contributed by atoms with E-state index in [1.165, 1.54) is 30.3 Å². The molecule has 28 heavy (non-hydrogen) atoms. The first-order valence-electron chi connectivity index (χ1n) is 7.75.